The number of benzene rings is 1. The minimum atomic E-state index is -0.419. The molecule has 106 valence electrons. The Bertz CT molecular complexity index is 544. The standard InChI is InChI=1S/C13H10Cl4N2O/c1-2-7-19(8-11(15)12(16)17)13(20)18-10-5-3-9(14)4-6-10/h1,3-6H,7-8H2,(H,18,20). The van der Waals surface area contributed by atoms with E-state index in [1.54, 1.807) is 24.3 Å². The summed E-state index contributed by atoms with van der Waals surface area (Å²) >= 11 is 22.7. The summed E-state index contributed by atoms with van der Waals surface area (Å²) in [4.78, 5) is 13.4. The van der Waals surface area contributed by atoms with Crippen LogP contribution in [-0.4, -0.2) is 24.0 Å². The Morgan fingerprint density at radius 2 is 1.85 bits per heavy atom. The van der Waals surface area contributed by atoms with E-state index >= 15 is 0 Å². The van der Waals surface area contributed by atoms with Gasteiger partial charge in [-0.25, -0.2) is 4.79 Å². The molecule has 0 atom stereocenters. The Balaban J connectivity index is 2.77. The van der Waals surface area contributed by atoms with Gasteiger partial charge in [0.1, 0.15) is 4.49 Å². The van der Waals surface area contributed by atoms with Crippen molar-refractivity contribution in [2.24, 2.45) is 0 Å². The molecule has 0 aromatic heterocycles. The van der Waals surface area contributed by atoms with E-state index in [9.17, 15) is 4.79 Å². The predicted molar refractivity (Wildman–Crippen MR) is 85.5 cm³/mol. The van der Waals surface area contributed by atoms with E-state index in [2.05, 4.69) is 11.2 Å². The van der Waals surface area contributed by atoms with E-state index in [-0.39, 0.29) is 22.6 Å². The van der Waals surface area contributed by atoms with Gasteiger partial charge in [-0.3, -0.25) is 0 Å². The van der Waals surface area contributed by atoms with Gasteiger partial charge in [0.25, 0.3) is 0 Å². The van der Waals surface area contributed by atoms with Gasteiger partial charge in [0.15, 0.2) is 0 Å². The largest absolute Gasteiger partial charge is 0.322 e. The molecule has 0 heterocycles. The summed E-state index contributed by atoms with van der Waals surface area (Å²) in [6.45, 7) is 0.0875. The van der Waals surface area contributed by atoms with E-state index < -0.39 is 6.03 Å². The van der Waals surface area contributed by atoms with Gasteiger partial charge in [0.05, 0.1) is 18.1 Å². The normalized spacial score (nSPS) is 9.55. The Hall–Kier alpha value is -1.05. The number of amides is 2. The highest BCUT2D eigenvalue weighted by molar-refractivity contribution is 6.59. The van der Waals surface area contributed by atoms with Gasteiger partial charge in [-0.1, -0.05) is 52.3 Å². The Morgan fingerprint density at radius 3 is 2.35 bits per heavy atom. The molecule has 0 bridgehead atoms. The number of anilines is 1. The number of terminal acetylenes is 1. The zero-order valence-electron chi connectivity index (χ0n) is 10.2. The molecule has 1 aromatic carbocycles. The fraction of sp³-hybridized carbons (Fsp3) is 0.154. The number of urea groups is 1. The van der Waals surface area contributed by atoms with Crippen LogP contribution in [0, 0.1) is 12.3 Å². The molecule has 1 aromatic rings. The second kappa shape index (κ2) is 8.28. The molecule has 0 fully saturated rings. The van der Waals surface area contributed by atoms with E-state index in [1.165, 1.54) is 4.90 Å². The molecule has 0 aliphatic carbocycles. The lowest BCUT2D eigenvalue weighted by Gasteiger charge is -2.20. The van der Waals surface area contributed by atoms with Crippen LogP contribution in [0.2, 0.25) is 5.02 Å². The van der Waals surface area contributed by atoms with Crippen molar-refractivity contribution in [3.8, 4) is 12.3 Å². The maximum Gasteiger partial charge on any atom is 0.322 e. The summed E-state index contributed by atoms with van der Waals surface area (Å²) in [5.74, 6) is 2.36. The van der Waals surface area contributed by atoms with Crippen LogP contribution in [0.4, 0.5) is 10.5 Å². The summed E-state index contributed by atoms with van der Waals surface area (Å²) in [7, 11) is 0. The molecule has 1 N–H and O–H groups in total. The second-order valence-electron chi connectivity index (χ2n) is 3.66. The topological polar surface area (TPSA) is 32.3 Å². The molecular formula is C13H10Cl4N2O. The maximum atomic E-state index is 12.1. The summed E-state index contributed by atoms with van der Waals surface area (Å²) in [6.07, 6.45) is 5.22. The quantitative estimate of drug-likeness (QED) is 0.784. The number of nitrogens with zero attached hydrogens (tertiary/aromatic N) is 1. The average Bonchev–Trinajstić information content (AvgIpc) is 2.40. The summed E-state index contributed by atoms with van der Waals surface area (Å²) in [6, 6.07) is 6.23. The minimum Gasteiger partial charge on any atom is -0.308 e. The number of halogens is 4. The molecule has 0 unspecified atom stereocenters. The highest BCUT2D eigenvalue weighted by atomic mass is 35.5. The number of rotatable bonds is 4. The lowest BCUT2D eigenvalue weighted by molar-refractivity contribution is 0.222. The molecule has 3 nitrogen and oxygen atoms in total. The highest BCUT2D eigenvalue weighted by Crippen LogP contribution is 2.19. The SMILES string of the molecule is C#CCN(CC(Cl)=C(Cl)Cl)C(=O)Nc1ccc(Cl)cc1. The molecule has 0 saturated carbocycles. The third kappa shape index (κ3) is 5.52. The number of carbonyl (C=O) groups is 1. The number of nitrogens with one attached hydrogen (secondary N) is 1. The van der Waals surface area contributed by atoms with Gasteiger partial charge >= 0.3 is 6.03 Å². The average molecular weight is 352 g/mol. The van der Waals surface area contributed by atoms with Crippen molar-refractivity contribution in [1.29, 1.82) is 0 Å². The van der Waals surface area contributed by atoms with Crippen molar-refractivity contribution in [2.45, 2.75) is 0 Å². The van der Waals surface area contributed by atoms with Crippen molar-refractivity contribution in [1.82, 2.24) is 4.90 Å². The third-order valence-corrected chi connectivity index (χ3v) is 3.41. The van der Waals surface area contributed by atoms with Gasteiger partial charge in [-0.2, -0.15) is 0 Å². The van der Waals surface area contributed by atoms with Crippen molar-refractivity contribution in [2.75, 3.05) is 18.4 Å². The van der Waals surface area contributed by atoms with Gasteiger partial charge in [-0.05, 0) is 24.3 Å². The molecule has 0 saturated heterocycles. The Kier molecular flexibility index (Phi) is 7.04. The van der Waals surface area contributed by atoms with Crippen LogP contribution >= 0.6 is 46.4 Å². The molecule has 0 aliphatic rings. The first kappa shape index (κ1) is 17.0. The molecule has 7 heteroatoms. The van der Waals surface area contributed by atoms with Crippen molar-refractivity contribution >= 4 is 58.1 Å². The number of carbonyl (C=O) groups excluding carboxylic acids is 1. The van der Waals surface area contributed by atoms with Crippen LogP contribution in [0.15, 0.2) is 33.8 Å². The lowest BCUT2D eigenvalue weighted by Crippen LogP contribution is -2.36. The van der Waals surface area contributed by atoms with Crippen LogP contribution in [0.3, 0.4) is 0 Å². The summed E-state index contributed by atoms with van der Waals surface area (Å²) < 4.78 is -0.104. The van der Waals surface area contributed by atoms with E-state index in [4.69, 9.17) is 52.8 Å². The van der Waals surface area contributed by atoms with Crippen molar-refractivity contribution in [3.05, 3.63) is 38.8 Å². The fourth-order valence-corrected chi connectivity index (χ4v) is 1.66. The molecule has 0 spiro atoms. The smallest absolute Gasteiger partial charge is 0.308 e. The van der Waals surface area contributed by atoms with Gasteiger partial charge in [-0.15, -0.1) is 6.42 Å². The number of hydrogen-bond acceptors (Lipinski definition) is 1. The lowest BCUT2D eigenvalue weighted by atomic mass is 10.3. The first-order chi connectivity index (χ1) is 9.43. The molecule has 20 heavy (non-hydrogen) atoms. The Morgan fingerprint density at radius 1 is 1.25 bits per heavy atom. The molecule has 0 radical (unpaired) electrons. The van der Waals surface area contributed by atoms with Gasteiger partial charge in [0.2, 0.25) is 0 Å². The van der Waals surface area contributed by atoms with Crippen LogP contribution < -0.4 is 5.32 Å². The Labute approximate surface area is 137 Å². The van der Waals surface area contributed by atoms with Crippen molar-refractivity contribution in [3.63, 3.8) is 0 Å². The predicted octanol–water partition coefficient (Wildman–Crippen LogP) is 4.69. The van der Waals surface area contributed by atoms with Gasteiger partial charge in [0, 0.05) is 10.7 Å². The molecule has 2 amide bonds. The zero-order chi connectivity index (χ0) is 15.1. The van der Waals surface area contributed by atoms with Crippen LogP contribution in [0.5, 0.6) is 0 Å². The summed E-state index contributed by atoms with van der Waals surface area (Å²) in [5, 5.41) is 3.37. The number of hydrogen-bond donors (Lipinski definition) is 1. The third-order valence-electron chi connectivity index (χ3n) is 2.20. The minimum absolute atomic E-state index is 0.0213. The first-order valence-electron chi connectivity index (χ1n) is 5.38. The first-order valence-corrected chi connectivity index (χ1v) is 6.90. The molecule has 0 aliphatic heterocycles. The fourth-order valence-electron chi connectivity index (χ4n) is 1.27. The second-order valence-corrected chi connectivity index (χ2v) is 5.50. The van der Waals surface area contributed by atoms with Crippen LogP contribution in [-0.2, 0) is 0 Å². The molecular weight excluding hydrogens is 342 g/mol. The zero-order valence-corrected chi connectivity index (χ0v) is 13.2. The van der Waals surface area contributed by atoms with E-state index in [0.717, 1.165) is 0 Å². The molecule has 1 rings (SSSR count). The van der Waals surface area contributed by atoms with Crippen molar-refractivity contribution < 1.29 is 4.79 Å². The van der Waals surface area contributed by atoms with E-state index in [0.29, 0.717) is 10.7 Å². The highest BCUT2D eigenvalue weighted by Gasteiger charge is 2.15. The van der Waals surface area contributed by atoms with Gasteiger partial charge < -0.3 is 10.2 Å². The van der Waals surface area contributed by atoms with E-state index in [1.807, 2.05) is 0 Å². The summed E-state index contributed by atoms with van der Waals surface area (Å²) in [5.41, 5.74) is 0.582. The van der Waals surface area contributed by atoms with Crippen LogP contribution in [0.25, 0.3) is 0 Å². The maximum absolute atomic E-state index is 12.1. The monoisotopic (exact) mass is 350 g/mol. The van der Waals surface area contributed by atoms with Crippen LogP contribution in [0.1, 0.15) is 0 Å².